The Morgan fingerprint density at radius 2 is 1.45 bits per heavy atom. The van der Waals surface area contributed by atoms with Crippen LogP contribution in [0.2, 0.25) is 0 Å². The summed E-state index contributed by atoms with van der Waals surface area (Å²) < 4.78 is 68.8. The van der Waals surface area contributed by atoms with Crippen LogP contribution in [0.3, 0.4) is 0 Å². The van der Waals surface area contributed by atoms with Gasteiger partial charge in [-0.05, 0) is 6.07 Å². The van der Waals surface area contributed by atoms with Gasteiger partial charge in [-0.25, -0.2) is 22.0 Å². The van der Waals surface area contributed by atoms with E-state index >= 15 is 0 Å². The molecule has 0 amide bonds. The fourth-order valence-electron chi connectivity index (χ4n) is 2.13. The van der Waals surface area contributed by atoms with Gasteiger partial charge in [0.1, 0.15) is 11.2 Å². The highest BCUT2D eigenvalue weighted by Crippen LogP contribution is 2.37. The predicted octanol–water partition coefficient (Wildman–Crippen LogP) is 3.67. The summed E-state index contributed by atoms with van der Waals surface area (Å²) in [6.45, 7) is 0. The normalized spacial score (nSPS) is 11.4. The summed E-state index contributed by atoms with van der Waals surface area (Å²) in [6, 6.07) is 2.54. The first-order valence-electron chi connectivity index (χ1n) is 5.42. The van der Waals surface area contributed by atoms with Crippen LogP contribution in [-0.4, -0.2) is 4.98 Å². The molecule has 0 aliphatic heterocycles. The maximum absolute atomic E-state index is 14.0. The van der Waals surface area contributed by atoms with Crippen molar-refractivity contribution in [1.82, 2.24) is 4.98 Å². The lowest BCUT2D eigenvalue weighted by Gasteiger charge is -2.11. The molecule has 7 heteroatoms. The molecule has 0 saturated heterocycles. The summed E-state index contributed by atoms with van der Waals surface area (Å²) in [4.78, 5) is 3.58. The number of anilines is 1. The highest BCUT2D eigenvalue weighted by molar-refractivity contribution is 6.08. The van der Waals surface area contributed by atoms with Crippen LogP contribution in [0.25, 0.3) is 21.7 Å². The lowest BCUT2D eigenvalue weighted by Crippen LogP contribution is -2.04. The Balaban J connectivity index is 2.77. The third-order valence-electron chi connectivity index (χ3n) is 3.05. The van der Waals surface area contributed by atoms with Crippen molar-refractivity contribution in [3.8, 4) is 0 Å². The number of aromatic nitrogens is 1. The summed E-state index contributed by atoms with van der Waals surface area (Å²) in [7, 11) is 0. The second-order valence-corrected chi connectivity index (χ2v) is 4.13. The number of fused-ring (bicyclic) bond motifs is 3. The van der Waals surface area contributed by atoms with E-state index in [1.165, 1.54) is 12.1 Å². The molecular weight excluding hydrogens is 279 g/mol. The molecule has 0 aliphatic rings. The molecule has 1 heterocycles. The smallest absolute Gasteiger partial charge is 0.185 e. The van der Waals surface area contributed by atoms with Crippen molar-refractivity contribution in [3.05, 3.63) is 47.4 Å². The molecule has 2 aromatic carbocycles. The van der Waals surface area contributed by atoms with Gasteiger partial charge in [-0.3, -0.25) is 4.98 Å². The summed E-state index contributed by atoms with van der Waals surface area (Å²) >= 11 is 0. The van der Waals surface area contributed by atoms with E-state index < -0.39 is 51.1 Å². The largest absolute Gasteiger partial charge is 0.394 e. The molecule has 3 rings (SSSR count). The van der Waals surface area contributed by atoms with Crippen LogP contribution >= 0.6 is 0 Å². The minimum absolute atomic E-state index is 0.190. The van der Waals surface area contributed by atoms with Gasteiger partial charge in [0.2, 0.25) is 0 Å². The zero-order chi connectivity index (χ0) is 14.6. The van der Waals surface area contributed by atoms with Crippen LogP contribution in [0, 0.1) is 29.1 Å². The molecule has 1 aromatic heterocycles. The van der Waals surface area contributed by atoms with Crippen molar-refractivity contribution in [2.75, 3.05) is 5.73 Å². The lowest BCUT2D eigenvalue weighted by molar-refractivity contribution is 0.492. The summed E-state index contributed by atoms with van der Waals surface area (Å²) in [5.74, 6) is -8.02. The molecular formula is C13H5F5N2. The van der Waals surface area contributed by atoms with E-state index in [2.05, 4.69) is 4.98 Å². The minimum atomic E-state index is -1.75. The van der Waals surface area contributed by atoms with E-state index in [0.717, 1.165) is 6.20 Å². The predicted molar refractivity (Wildman–Crippen MR) is 63.5 cm³/mol. The Morgan fingerprint density at radius 3 is 2.15 bits per heavy atom. The molecule has 0 saturated carbocycles. The van der Waals surface area contributed by atoms with E-state index in [1.807, 2.05) is 0 Å². The Bertz CT molecular complexity index is 876. The SMILES string of the molecule is Nc1c(F)c(F)c2c(F)c(F)c3ncccc3c2c1F. The van der Waals surface area contributed by atoms with Gasteiger partial charge in [-0.2, -0.15) is 0 Å². The Kier molecular flexibility index (Phi) is 2.53. The van der Waals surface area contributed by atoms with Crippen molar-refractivity contribution in [3.63, 3.8) is 0 Å². The van der Waals surface area contributed by atoms with Crippen LogP contribution in [0.1, 0.15) is 0 Å². The summed E-state index contributed by atoms with van der Waals surface area (Å²) in [5.41, 5.74) is 3.53. The number of pyridine rings is 1. The number of hydrogen-bond donors (Lipinski definition) is 1. The molecule has 0 radical (unpaired) electrons. The van der Waals surface area contributed by atoms with Gasteiger partial charge < -0.3 is 5.73 Å². The molecule has 3 aromatic rings. The number of hydrogen-bond acceptors (Lipinski definition) is 2. The Labute approximate surface area is 108 Å². The standard InChI is InChI=1S/C13H5F5N2/c14-7-6-5(9(16)12(19)10(7)17)4-2-1-3-20-13(4)11(18)8(6)15/h1-3H,19H2. The second-order valence-electron chi connectivity index (χ2n) is 4.13. The van der Waals surface area contributed by atoms with E-state index in [0.29, 0.717) is 0 Å². The topological polar surface area (TPSA) is 38.9 Å². The molecule has 0 fully saturated rings. The number of nitrogen functional groups attached to an aromatic ring is 1. The number of rotatable bonds is 0. The van der Waals surface area contributed by atoms with E-state index in [-0.39, 0.29) is 5.39 Å². The van der Waals surface area contributed by atoms with Crippen LogP contribution in [0.5, 0.6) is 0 Å². The third kappa shape index (κ3) is 1.40. The summed E-state index contributed by atoms with van der Waals surface area (Å²) in [5, 5.41) is -1.94. The molecule has 20 heavy (non-hydrogen) atoms. The van der Waals surface area contributed by atoms with Gasteiger partial charge in [0.05, 0.1) is 5.39 Å². The van der Waals surface area contributed by atoms with Gasteiger partial charge >= 0.3 is 0 Å². The first-order chi connectivity index (χ1) is 9.45. The lowest BCUT2D eigenvalue weighted by atomic mass is 10.0. The van der Waals surface area contributed by atoms with Crippen LogP contribution < -0.4 is 5.73 Å². The van der Waals surface area contributed by atoms with Crippen molar-refractivity contribution >= 4 is 27.4 Å². The Morgan fingerprint density at radius 1 is 0.800 bits per heavy atom. The fraction of sp³-hybridized carbons (Fsp3) is 0. The number of halogens is 5. The minimum Gasteiger partial charge on any atom is -0.394 e. The van der Waals surface area contributed by atoms with Gasteiger partial charge in [0, 0.05) is 17.0 Å². The van der Waals surface area contributed by atoms with Crippen molar-refractivity contribution < 1.29 is 22.0 Å². The van der Waals surface area contributed by atoms with Gasteiger partial charge in [0.15, 0.2) is 29.1 Å². The average Bonchev–Trinajstić information content (AvgIpc) is 2.46. The van der Waals surface area contributed by atoms with Crippen LogP contribution in [-0.2, 0) is 0 Å². The second kappa shape index (κ2) is 4.03. The zero-order valence-corrected chi connectivity index (χ0v) is 9.65. The van der Waals surface area contributed by atoms with E-state index in [4.69, 9.17) is 5.73 Å². The van der Waals surface area contributed by atoms with Gasteiger partial charge in [0.25, 0.3) is 0 Å². The third-order valence-corrected chi connectivity index (χ3v) is 3.05. The van der Waals surface area contributed by atoms with Crippen molar-refractivity contribution in [1.29, 1.82) is 0 Å². The number of nitrogens with zero attached hydrogens (tertiary/aromatic N) is 1. The molecule has 2 nitrogen and oxygen atoms in total. The van der Waals surface area contributed by atoms with Gasteiger partial charge in [-0.15, -0.1) is 0 Å². The zero-order valence-electron chi connectivity index (χ0n) is 9.65. The molecule has 0 bridgehead atoms. The molecule has 0 unspecified atom stereocenters. The fourth-order valence-corrected chi connectivity index (χ4v) is 2.13. The highest BCUT2D eigenvalue weighted by Gasteiger charge is 2.26. The number of benzene rings is 2. The average molecular weight is 284 g/mol. The first-order valence-corrected chi connectivity index (χ1v) is 5.42. The maximum atomic E-state index is 14.0. The quantitative estimate of drug-likeness (QED) is 0.296. The van der Waals surface area contributed by atoms with E-state index in [1.54, 1.807) is 0 Å². The van der Waals surface area contributed by atoms with Crippen LogP contribution in [0.15, 0.2) is 18.3 Å². The summed E-state index contributed by atoms with van der Waals surface area (Å²) in [6.07, 6.45) is 1.16. The molecule has 2 N–H and O–H groups in total. The molecule has 102 valence electrons. The number of nitrogens with two attached hydrogens (primary N) is 1. The molecule has 0 aliphatic carbocycles. The molecule has 0 spiro atoms. The van der Waals surface area contributed by atoms with Gasteiger partial charge in [-0.1, -0.05) is 6.07 Å². The van der Waals surface area contributed by atoms with Crippen molar-refractivity contribution in [2.24, 2.45) is 0 Å². The van der Waals surface area contributed by atoms with Crippen LogP contribution in [0.4, 0.5) is 27.6 Å². The Hall–Kier alpha value is -2.44. The van der Waals surface area contributed by atoms with Crippen molar-refractivity contribution in [2.45, 2.75) is 0 Å². The maximum Gasteiger partial charge on any atom is 0.185 e. The van der Waals surface area contributed by atoms with E-state index in [9.17, 15) is 22.0 Å². The monoisotopic (exact) mass is 284 g/mol. The molecule has 0 atom stereocenters. The first kappa shape index (κ1) is 12.6. The highest BCUT2D eigenvalue weighted by atomic mass is 19.2.